The van der Waals surface area contributed by atoms with Crippen molar-refractivity contribution in [2.45, 2.75) is 39.3 Å². The summed E-state index contributed by atoms with van der Waals surface area (Å²) < 4.78 is 39.9. The van der Waals surface area contributed by atoms with E-state index < -0.39 is 12.8 Å². The molecule has 0 saturated carbocycles. The molecule has 0 fully saturated rings. The van der Waals surface area contributed by atoms with Gasteiger partial charge in [0.05, 0.1) is 5.76 Å². The number of rotatable bonds is 5. The molecule has 13 heavy (non-hydrogen) atoms. The van der Waals surface area contributed by atoms with E-state index in [1.807, 2.05) is 13.8 Å². The molecule has 0 bridgehead atoms. The van der Waals surface area contributed by atoms with Crippen molar-refractivity contribution in [3.8, 4) is 0 Å². The van der Waals surface area contributed by atoms with Crippen molar-refractivity contribution in [2.24, 2.45) is 0 Å². The van der Waals surface area contributed by atoms with Gasteiger partial charge in [0.15, 0.2) is 6.61 Å². The van der Waals surface area contributed by atoms with E-state index in [4.69, 9.17) is 0 Å². The fourth-order valence-corrected chi connectivity index (χ4v) is 0.882. The number of allylic oxidation sites excluding steroid dienone is 2. The Morgan fingerprint density at radius 3 is 2.31 bits per heavy atom. The van der Waals surface area contributed by atoms with Crippen LogP contribution in [0.25, 0.3) is 0 Å². The van der Waals surface area contributed by atoms with E-state index in [2.05, 4.69) is 4.74 Å². The molecule has 0 amide bonds. The first-order chi connectivity index (χ1) is 5.99. The van der Waals surface area contributed by atoms with Crippen molar-refractivity contribution in [3.63, 3.8) is 0 Å². The van der Waals surface area contributed by atoms with Gasteiger partial charge in [-0.25, -0.2) is 0 Å². The van der Waals surface area contributed by atoms with E-state index in [0.29, 0.717) is 18.6 Å². The third-order valence-corrected chi connectivity index (χ3v) is 1.35. The van der Waals surface area contributed by atoms with Gasteiger partial charge in [0.2, 0.25) is 0 Å². The molecule has 0 N–H and O–H groups in total. The molecule has 0 heterocycles. The van der Waals surface area contributed by atoms with Crippen molar-refractivity contribution in [3.05, 3.63) is 11.8 Å². The minimum Gasteiger partial charge on any atom is -0.489 e. The average molecular weight is 196 g/mol. The lowest BCUT2D eigenvalue weighted by atomic mass is 10.2. The Hall–Kier alpha value is -0.670. The summed E-state index contributed by atoms with van der Waals surface area (Å²) in [6.45, 7) is 2.59. The molecule has 0 spiro atoms. The van der Waals surface area contributed by atoms with Gasteiger partial charge in [-0.1, -0.05) is 13.8 Å². The van der Waals surface area contributed by atoms with E-state index >= 15 is 0 Å². The van der Waals surface area contributed by atoms with Crippen LogP contribution in [0.1, 0.15) is 33.1 Å². The highest BCUT2D eigenvalue weighted by atomic mass is 19.4. The van der Waals surface area contributed by atoms with Crippen molar-refractivity contribution in [1.82, 2.24) is 0 Å². The fraction of sp³-hybridized carbons (Fsp3) is 0.778. The fourth-order valence-electron chi connectivity index (χ4n) is 0.882. The Labute approximate surface area is 76.6 Å². The molecule has 0 aromatic rings. The Kier molecular flexibility index (Phi) is 5.58. The van der Waals surface area contributed by atoms with Crippen LogP contribution in [0.2, 0.25) is 0 Å². The molecule has 0 aromatic heterocycles. The predicted molar refractivity (Wildman–Crippen MR) is 45.3 cm³/mol. The zero-order valence-corrected chi connectivity index (χ0v) is 7.95. The SMILES string of the molecule is CC/C=C(\CCC)OCC(F)(F)F. The van der Waals surface area contributed by atoms with E-state index in [-0.39, 0.29) is 0 Å². The van der Waals surface area contributed by atoms with Crippen molar-refractivity contribution in [1.29, 1.82) is 0 Å². The highest BCUT2D eigenvalue weighted by Crippen LogP contribution is 2.18. The van der Waals surface area contributed by atoms with Crippen LogP contribution in [0.15, 0.2) is 11.8 Å². The van der Waals surface area contributed by atoms with Gasteiger partial charge >= 0.3 is 6.18 Å². The van der Waals surface area contributed by atoms with E-state index in [0.717, 1.165) is 6.42 Å². The summed E-state index contributed by atoms with van der Waals surface area (Å²) in [5.74, 6) is 0.447. The topological polar surface area (TPSA) is 9.23 Å². The number of halogens is 3. The highest BCUT2D eigenvalue weighted by Gasteiger charge is 2.28. The lowest BCUT2D eigenvalue weighted by Gasteiger charge is -2.11. The monoisotopic (exact) mass is 196 g/mol. The first-order valence-corrected chi connectivity index (χ1v) is 4.38. The number of hydrogen-bond acceptors (Lipinski definition) is 1. The van der Waals surface area contributed by atoms with E-state index in [1.165, 1.54) is 0 Å². The summed E-state index contributed by atoms with van der Waals surface area (Å²) in [5, 5.41) is 0. The quantitative estimate of drug-likeness (QED) is 0.610. The molecule has 0 aliphatic heterocycles. The average Bonchev–Trinajstić information content (AvgIpc) is 2.00. The lowest BCUT2D eigenvalue weighted by molar-refractivity contribution is -0.165. The maximum atomic E-state index is 11.7. The van der Waals surface area contributed by atoms with Crippen LogP contribution in [-0.2, 0) is 4.74 Å². The summed E-state index contributed by atoms with van der Waals surface area (Å²) in [6, 6.07) is 0. The molecule has 0 aliphatic rings. The molecule has 0 aromatic carbocycles. The molecule has 78 valence electrons. The zero-order valence-electron chi connectivity index (χ0n) is 7.95. The van der Waals surface area contributed by atoms with Crippen LogP contribution in [0.5, 0.6) is 0 Å². The number of hydrogen-bond donors (Lipinski definition) is 0. The molecule has 4 heteroatoms. The summed E-state index contributed by atoms with van der Waals surface area (Å²) in [5.41, 5.74) is 0. The van der Waals surface area contributed by atoms with Crippen LogP contribution in [-0.4, -0.2) is 12.8 Å². The smallest absolute Gasteiger partial charge is 0.422 e. The van der Waals surface area contributed by atoms with Gasteiger partial charge in [-0.15, -0.1) is 0 Å². The highest BCUT2D eigenvalue weighted by molar-refractivity contribution is 4.92. The number of alkyl halides is 3. The van der Waals surface area contributed by atoms with Crippen LogP contribution in [0.3, 0.4) is 0 Å². The minimum atomic E-state index is -4.24. The van der Waals surface area contributed by atoms with Crippen LogP contribution in [0.4, 0.5) is 13.2 Å². The number of ether oxygens (including phenoxy) is 1. The summed E-state index contributed by atoms with van der Waals surface area (Å²) in [7, 11) is 0. The Balaban J connectivity index is 3.90. The van der Waals surface area contributed by atoms with E-state index in [1.54, 1.807) is 6.08 Å². The van der Waals surface area contributed by atoms with Gasteiger partial charge in [-0.2, -0.15) is 13.2 Å². The Morgan fingerprint density at radius 1 is 1.31 bits per heavy atom. The summed E-state index contributed by atoms with van der Waals surface area (Å²) in [4.78, 5) is 0. The molecule has 0 atom stereocenters. The molecule has 0 radical (unpaired) electrons. The largest absolute Gasteiger partial charge is 0.489 e. The maximum Gasteiger partial charge on any atom is 0.422 e. The third kappa shape index (κ3) is 7.68. The first-order valence-electron chi connectivity index (χ1n) is 4.38. The second-order valence-corrected chi connectivity index (χ2v) is 2.73. The van der Waals surface area contributed by atoms with Crippen molar-refractivity contribution in [2.75, 3.05) is 6.61 Å². The van der Waals surface area contributed by atoms with Gasteiger partial charge in [-0.05, 0) is 18.9 Å². The lowest BCUT2D eigenvalue weighted by Crippen LogP contribution is -2.16. The molecule has 0 saturated heterocycles. The van der Waals surface area contributed by atoms with Gasteiger partial charge in [0.25, 0.3) is 0 Å². The standard InChI is InChI=1S/C9H15F3O/c1-3-5-8(6-4-2)13-7-9(10,11)12/h5H,3-4,6-7H2,1-2H3/b8-5+. The van der Waals surface area contributed by atoms with E-state index in [9.17, 15) is 13.2 Å². The first kappa shape index (κ1) is 12.3. The van der Waals surface area contributed by atoms with Gasteiger partial charge in [0.1, 0.15) is 0 Å². The van der Waals surface area contributed by atoms with Gasteiger partial charge in [-0.3, -0.25) is 0 Å². The molecule has 0 aliphatic carbocycles. The second kappa shape index (κ2) is 5.89. The summed E-state index contributed by atoms with van der Waals surface area (Å²) in [6.07, 6.45) is -0.476. The molecular weight excluding hydrogens is 181 g/mol. The molecule has 0 rings (SSSR count). The van der Waals surface area contributed by atoms with Crippen LogP contribution >= 0.6 is 0 Å². The summed E-state index contributed by atoms with van der Waals surface area (Å²) >= 11 is 0. The molecular formula is C9H15F3O. The van der Waals surface area contributed by atoms with Gasteiger partial charge in [0, 0.05) is 6.42 Å². The minimum absolute atomic E-state index is 0.447. The van der Waals surface area contributed by atoms with Crippen molar-refractivity contribution >= 4 is 0 Å². The molecule has 0 unspecified atom stereocenters. The normalized spacial score (nSPS) is 13.2. The van der Waals surface area contributed by atoms with Crippen molar-refractivity contribution < 1.29 is 17.9 Å². The molecule has 1 nitrogen and oxygen atoms in total. The van der Waals surface area contributed by atoms with Gasteiger partial charge < -0.3 is 4.74 Å². The Bertz CT molecular complexity index is 161. The van der Waals surface area contributed by atoms with Crippen LogP contribution < -0.4 is 0 Å². The van der Waals surface area contributed by atoms with Crippen LogP contribution in [0, 0.1) is 0 Å². The maximum absolute atomic E-state index is 11.7. The predicted octanol–water partition coefficient (Wildman–Crippen LogP) is 3.66. The second-order valence-electron chi connectivity index (χ2n) is 2.73. The third-order valence-electron chi connectivity index (χ3n) is 1.35. The Morgan fingerprint density at radius 2 is 1.92 bits per heavy atom. The zero-order chi connectivity index (χ0) is 10.3.